The Labute approximate surface area is 91.4 Å². The molecule has 0 N–H and O–H groups in total. The SMILES string of the molecule is C[B]c1n[c-]c(C#N)cn1.[Y]. The van der Waals surface area contributed by atoms with Crippen molar-refractivity contribution in [2.24, 2.45) is 0 Å². The molecule has 0 amide bonds. The monoisotopic (exact) mass is 218 g/mol. The fraction of sp³-hybridized carbons (Fsp3) is 0.167. The van der Waals surface area contributed by atoms with Crippen LogP contribution in [0.3, 0.4) is 0 Å². The predicted molar refractivity (Wildman–Crippen MR) is 36.8 cm³/mol. The summed E-state index contributed by atoms with van der Waals surface area (Å²) < 4.78 is 0. The van der Waals surface area contributed by atoms with Crippen molar-refractivity contribution in [1.29, 1.82) is 5.26 Å². The third-order valence-corrected chi connectivity index (χ3v) is 0.995. The molecule has 0 spiro atoms. The van der Waals surface area contributed by atoms with E-state index >= 15 is 0 Å². The molecule has 2 radical (unpaired) electrons. The number of aromatic nitrogens is 2. The zero-order valence-corrected chi connectivity index (χ0v) is 8.91. The molecule has 0 aromatic carbocycles. The van der Waals surface area contributed by atoms with E-state index in [4.69, 9.17) is 5.26 Å². The summed E-state index contributed by atoms with van der Waals surface area (Å²) in [5.74, 6) is 0. The Morgan fingerprint density at radius 1 is 1.73 bits per heavy atom. The molecule has 0 saturated carbocycles. The predicted octanol–water partition coefficient (Wildman–Crippen LogP) is -0.476. The van der Waals surface area contributed by atoms with Gasteiger partial charge in [-0.3, -0.25) is 5.26 Å². The third-order valence-electron chi connectivity index (χ3n) is 0.995. The van der Waals surface area contributed by atoms with Crippen LogP contribution in [0.25, 0.3) is 0 Å². The van der Waals surface area contributed by atoms with Crippen LogP contribution in [-0.4, -0.2) is 17.2 Å². The van der Waals surface area contributed by atoms with Gasteiger partial charge in [-0.15, -0.1) is 0 Å². The van der Waals surface area contributed by atoms with Crippen molar-refractivity contribution in [3.8, 4) is 6.07 Å². The standard InChI is InChI=1S/C6H4BN3.Y/c1-7-6-9-3-5(2-8)4-10-6;/h3H,1H3;/q-1;. The van der Waals surface area contributed by atoms with Crippen molar-refractivity contribution in [3.63, 3.8) is 0 Å². The van der Waals surface area contributed by atoms with Gasteiger partial charge in [0.15, 0.2) is 0 Å². The maximum atomic E-state index is 8.33. The average Bonchev–Trinajstić information content (AvgIpc) is 2.05. The van der Waals surface area contributed by atoms with Gasteiger partial charge in [0.2, 0.25) is 0 Å². The van der Waals surface area contributed by atoms with Gasteiger partial charge in [0, 0.05) is 32.7 Å². The van der Waals surface area contributed by atoms with Crippen LogP contribution in [0.4, 0.5) is 0 Å². The summed E-state index contributed by atoms with van der Waals surface area (Å²) in [7, 11) is 1.75. The molecule has 3 nitrogen and oxygen atoms in total. The van der Waals surface area contributed by atoms with E-state index in [1.807, 2.05) is 12.9 Å². The van der Waals surface area contributed by atoms with Gasteiger partial charge < -0.3 is 9.97 Å². The number of nitrogens with zero attached hydrogens (tertiary/aromatic N) is 3. The first kappa shape index (κ1) is 10.7. The minimum atomic E-state index is 0. The Hall–Kier alpha value is -0.261. The molecular formula is C6H4BN3Y-. The topological polar surface area (TPSA) is 49.6 Å². The van der Waals surface area contributed by atoms with Crippen LogP contribution >= 0.6 is 0 Å². The maximum absolute atomic E-state index is 8.33. The van der Waals surface area contributed by atoms with Crippen molar-refractivity contribution < 1.29 is 32.7 Å². The van der Waals surface area contributed by atoms with E-state index in [-0.39, 0.29) is 32.7 Å². The Morgan fingerprint density at radius 3 is 2.82 bits per heavy atom. The summed E-state index contributed by atoms with van der Waals surface area (Å²) in [6.07, 6.45) is 3.98. The first-order valence-corrected chi connectivity index (χ1v) is 2.81. The van der Waals surface area contributed by atoms with E-state index in [1.54, 1.807) is 7.28 Å². The second-order valence-electron chi connectivity index (χ2n) is 1.65. The number of nitriles is 1. The van der Waals surface area contributed by atoms with E-state index in [0.29, 0.717) is 11.3 Å². The van der Waals surface area contributed by atoms with Crippen LogP contribution in [0, 0.1) is 17.5 Å². The quantitative estimate of drug-likeness (QED) is 0.472. The van der Waals surface area contributed by atoms with E-state index in [0.717, 1.165) is 0 Å². The van der Waals surface area contributed by atoms with Gasteiger partial charge in [-0.1, -0.05) is 6.82 Å². The normalized spacial score (nSPS) is 7.64. The Morgan fingerprint density at radius 2 is 2.45 bits per heavy atom. The van der Waals surface area contributed by atoms with Crippen LogP contribution in [0.1, 0.15) is 5.56 Å². The number of hydrogen-bond acceptors (Lipinski definition) is 3. The zero-order valence-electron chi connectivity index (χ0n) is 6.07. The summed E-state index contributed by atoms with van der Waals surface area (Å²) in [4.78, 5) is 7.60. The molecule has 5 heteroatoms. The van der Waals surface area contributed by atoms with Gasteiger partial charge in [-0.25, -0.2) is 0 Å². The third kappa shape index (κ3) is 3.09. The van der Waals surface area contributed by atoms with E-state index in [9.17, 15) is 0 Å². The second kappa shape index (κ2) is 5.40. The summed E-state index contributed by atoms with van der Waals surface area (Å²) in [6, 6.07) is 1.88. The fourth-order valence-electron chi connectivity index (χ4n) is 0.499. The molecule has 1 aromatic heterocycles. The summed E-state index contributed by atoms with van der Waals surface area (Å²) >= 11 is 0. The van der Waals surface area contributed by atoms with E-state index in [2.05, 4.69) is 16.2 Å². The molecule has 0 aliphatic heterocycles. The second-order valence-corrected chi connectivity index (χ2v) is 1.65. The molecule has 11 heavy (non-hydrogen) atoms. The molecule has 0 aliphatic carbocycles. The Balaban J connectivity index is 0.000001000. The van der Waals surface area contributed by atoms with Crippen LogP contribution in [-0.2, 0) is 32.7 Å². The van der Waals surface area contributed by atoms with Gasteiger partial charge in [0.25, 0.3) is 0 Å². The van der Waals surface area contributed by atoms with Crippen LogP contribution in [0.2, 0.25) is 6.82 Å². The van der Waals surface area contributed by atoms with E-state index in [1.165, 1.54) is 6.20 Å². The summed E-state index contributed by atoms with van der Waals surface area (Å²) in [5.41, 5.74) is 0.963. The van der Waals surface area contributed by atoms with Crippen molar-refractivity contribution in [1.82, 2.24) is 9.97 Å². The van der Waals surface area contributed by atoms with Crippen molar-refractivity contribution in [2.75, 3.05) is 0 Å². The van der Waals surface area contributed by atoms with Crippen molar-refractivity contribution in [2.45, 2.75) is 6.82 Å². The molecule has 1 rings (SSSR count). The van der Waals surface area contributed by atoms with Crippen LogP contribution < -0.4 is 5.72 Å². The molecule has 0 aliphatic rings. The Bertz CT molecular complexity index is 254. The zero-order chi connectivity index (χ0) is 7.40. The van der Waals surface area contributed by atoms with Crippen LogP contribution in [0.15, 0.2) is 6.20 Å². The van der Waals surface area contributed by atoms with E-state index < -0.39 is 0 Å². The molecule has 0 bridgehead atoms. The smallest absolute Gasteiger partial charge is 0.133 e. The molecule has 0 unspecified atom stereocenters. The fourth-order valence-corrected chi connectivity index (χ4v) is 0.499. The minimum Gasteiger partial charge on any atom is -0.345 e. The average molecular weight is 218 g/mol. The molecular weight excluding hydrogens is 214 g/mol. The molecule has 1 heterocycles. The van der Waals surface area contributed by atoms with Gasteiger partial charge in [-0.05, 0) is 29.8 Å². The van der Waals surface area contributed by atoms with Gasteiger partial charge >= 0.3 is 0 Å². The first-order chi connectivity index (χ1) is 4.86. The van der Waals surface area contributed by atoms with Crippen molar-refractivity contribution in [3.05, 3.63) is 18.0 Å². The number of rotatable bonds is 1. The molecule has 50 valence electrons. The van der Waals surface area contributed by atoms with Crippen molar-refractivity contribution >= 4 is 13.0 Å². The molecule has 0 saturated heterocycles. The maximum Gasteiger partial charge on any atom is 0.133 e. The summed E-state index contributed by atoms with van der Waals surface area (Å²) in [5, 5.41) is 8.33. The molecule has 0 fully saturated rings. The van der Waals surface area contributed by atoms with Gasteiger partial charge in [-0.2, -0.15) is 0 Å². The number of hydrogen-bond donors (Lipinski definition) is 0. The largest absolute Gasteiger partial charge is 0.345 e. The van der Waals surface area contributed by atoms with Crippen LogP contribution in [0.5, 0.6) is 0 Å². The van der Waals surface area contributed by atoms with Gasteiger partial charge in [0.05, 0.1) is 0 Å². The summed E-state index contributed by atoms with van der Waals surface area (Å²) in [6.45, 7) is 1.83. The molecule has 0 atom stereocenters. The Kier molecular flexibility index (Phi) is 5.27. The minimum absolute atomic E-state index is 0. The first-order valence-electron chi connectivity index (χ1n) is 2.81. The van der Waals surface area contributed by atoms with Gasteiger partial charge in [0.1, 0.15) is 7.28 Å². The molecule has 1 aromatic rings.